The molecule has 2 aliphatic heterocycles. The summed E-state index contributed by atoms with van der Waals surface area (Å²) in [6.07, 6.45) is 1.52. The topological polar surface area (TPSA) is 75.7 Å². The summed E-state index contributed by atoms with van der Waals surface area (Å²) >= 11 is 0. The summed E-state index contributed by atoms with van der Waals surface area (Å²) in [6, 6.07) is -0.649. The molecule has 170 valence electrons. The Balaban J connectivity index is 1.66. The Hall–Kier alpha value is -2.72. The fourth-order valence-corrected chi connectivity index (χ4v) is 4.27. The number of carbonyl (C=O) groups excluding carboxylic acids is 3. The summed E-state index contributed by atoms with van der Waals surface area (Å²) in [5, 5.41) is 2.60. The number of carbonyl (C=O) groups is 3. The summed E-state index contributed by atoms with van der Waals surface area (Å²) in [7, 11) is 0. The van der Waals surface area contributed by atoms with Gasteiger partial charge >= 0.3 is 5.97 Å². The highest BCUT2D eigenvalue weighted by molar-refractivity contribution is 5.84. The lowest BCUT2D eigenvalue weighted by atomic mass is 9.90. The van der Waals surface area contributed by atoms with Crippen molar-refractivity contribution in [1.82, 2.24) is 10.2 Å². The van der Waals surface area contributed by atoms with Gasteiger partial charge in [-0.2, -0.15) is 8.78 Å². The Kier molecular flexibility index (Phi) is 6.80. The van der Waals surface area contributed by atoms with E-state index in [-0.39, 0.29) is 49.6 Å². The van der Waals surface area contributed by atoms with E-state index in [0.717, 1.165) is 0 Å². The molecule has 1 aromatic carbocycles. The van der Waals surface area contributed by atoms with Crippen LogP contribution in [0.15, 0.2) is 0 Å². The summed E-state index contributed by atoms with van der Waals surface area (Å²) in [5.41, 5.74) is 0. The molecular formula is C20H21F5N2O4. The molecule has 31 heavy (non-hydrogen) atoms. The summed E-state index contributed by atoms with van der Waals surface area (Å²) in [6.45, 7) is 2.21. The third-order valence-corrected chi connectivity index (χ3v) is 5.67. The van der Waals surface area contributed by atoms with Crippen LogP contribution < -0.4 is 10.1 Å². The molecule has 1 N–H and O–H groups in total. The standard InChI is InChI=1S/C20H21F5N2O4/c1-2-26-12(28)5-6-13(29)27-10-3-4-11(27)8-9(7-10)20(30)31-19-17(24)15(22)14(21)16(23)18(19)25/h9-11H,2-8H2,1H3,(H,26,28). The van der Waals surface area contributed by atoms with E-state index in [1.807, 2.05) is 0 Å². The molecule has 11 heteroatoms. The minimum atomic E-state index is -2.34. The van der Waals surface area contributed by atoms with Crippen molar-refractivity contribution in [3.63, 3.8) is 0 Å². The van der Waals surface area contributed by atoms with E-state index >= 15 is 0 Å². The number of ether oxygens (including phenoxy) is 1. The van der Waals surface area contributed by atoms with Crippen LogP contribution in [0.1, 0.15) is 45.4 Å². The number of nitrogens with zero attached hydrogens (tertiary/aromatic N) is 1. The van der Waals surface area contributed by atoms with Crippen LogP contribution in [0.25, 0.3) is 0 Å². The van der Waals surface area contributed by atoms with Crippen molar-refractivity contribution < 1.29 is 41.1 Å². The second-order valence-corrected chi connectivity index (χ2v) is 7.63. The molecule has 0 saturated carbocycles. The molecule has 3 rings (SSSR count). The van der Waals surface area contributed by atoms with Crippen molar-refractivity contribution in [2.45, 2.75) is 57.5 Å². The van der Waals surface area contributed by atoms with Crippen LogP contribution in [0.3, 0.4) is 0 Å². The van der Waals surface area contributed by atoms with Crippen molar-refractivity contribution in [2.24, 2.45) is 5.92 Å². The van der Waals surface area contributed by atoms with E-state index in [4.69, 9.17) is 0 Å². The number of benzene rings is 1. The summed E-state index contributed by atoms with van der Waals surface area (Å²) < 4.78 is 71.9. The van der Waals surface area contributed by atoms with Crippen molar-refractivity contribution in [3.8, 4) is 5.75 Å². The van der Waals surface area contributed by atoms with Gasteiger partial charge in [0.25, 0.3) is 0 Å². The molecule has 2 amide bonds. The quantitative estimate of drug-likeness (QED) is 0.239. The van der Waals surface area contributed by atoms with Gasteiger partial charge in [-0.15, -0.1) is 0 Å². The first-order chi connectivity index (χ1) is 14.6. The van der Waals surface area contributed by atoms with E-state index in [1.54, 1.807) is 11.8 Å². The van der Waals surface area contributed by atoms with Crippen molar-refractivity contribution in [1.29, 1.82) is 0 Å². The lowest BCUT2D eigenvalue weighted by Gasteiger charge is -2.38. The van der Waals surface area contributed by atoms with Gasteiger partial charge in [-0.1, -0.05) is 0 Å². The van der Waals surface area contributed by atoms with Crippen molar-refractivity contribution in [2.75, 3.05) is 6.54 Å². The van der Waals surface area contributed by atoms with Crippen LogP contribution >= 0.6 is 0 Å². The highest BCUT2D eigenvalue weighted by atomic mass is 19.2. The monoisotopic (exact) mass is 448 g/mol. The van der Waals surface area contributed by atoms with E-state index in [0.29, 0.717) is 19.4 Å². The lowest BCUT2D eigenvalue weighted by molar-refractivity contribution is -0.147. The minimum Gasteiger partial charge on any atom is -0.420 e. The lowest BCUT2D eigenvalue weighted by Crippen LogP contribution is -2.48. The van der Waals surface area contributed by atoms with Crippen LogP contribution in [-0.2, 0) is 14.4 Å². The Morgan fingerprint density at radius 1 is 0.903 bits per heavy atom. The average molecular weight is 448 g/mol. The van der Waals surface area contributed by atoms with Crippen LogP contribution in [0.2, 0.25) is 0 Å². The van der Waals surface area contributed by atoms with Gasteiger partial charge in [-0.3, -0.25) is 14.4 Å². The molecule has 2 unspecified atom stereocenters. The number of piperidine rings is 1. The van der Waals surface area contributed by atoms with E-state index in [1.165, 1.54) is 0 Å². The average Bonchev–Trinajstić information content (AvgIpc) is 3.01. The van der Waals surface area contributed by atoms with E-state index in [2.05, 4.69) is 10.1 Å². The Bertz CT molecular complexity index is 867. The number of hydrogen-bond acceptors (Lipinski definition) is 4. The molecule has 2 bridgehead atoms. The molecule has 6 nitrogen and oxygen atoms in total. The number of esters is 1. The molecule has 2 atom stereocenters. The molecule has 0 radical (unpaired) electrons. The molecule has 0 aromatic heterocycles. The normalized spacial score (nSPS) is 22.4. The zero-order valence-corrected chi connectivity index (χ0v) is 16.7. The van der Waals surface area contributed by atoms with Gasteiger partial charge < -0.3 is 15.0 Å². The van der Waals surface area contributed by atoms with Crippen molar-refractivity contribution >= 4 is 17.8 Å². The fourth-order valence-electron chi connectivity index (χ4n) is 4.27. The zero-order chi connectivity index (χ0) is 22.9. The number of fused-ring (bicyclic) bond motifs is 2. The second kappa shape index (κ2) is 9.19. The number of nitrogens with one attached hydrogen (secondary N) is 1. The maximum Gasteiger partial charge on any atom is 0.314 e. The first-order valence-corrected chi connectivity index (χ1v) is 9.96. The molecular weight excluding hydrogens is 427 g/mol. The fraction of sp³-hybridized carbons (Fsp3) is 0.550. The number of halogens is 5. The molecule has 2 aliphatic rings. The number of amides is 2. The SMILES string of the molecule is CCNC(=O)CCC(=O)N1C2CCC1CC(C(=O)Oc1c(F)c(F)c(F)c(F)c1F)C2. The first kappa shape index (κ1) is 23.0. The van der Waals surface area contributed by atoms with Gasteiger partial charge in [0.2, 0.25) is 46.6 Å². The number of hydrogen-bond donors (Lipinski definition) is 1. The minimum absolute atomic E-state index is 0.0124. The van der Waals surface area contributed by atoms with Gasteiger partial charge in [-0.05, 0) is 32.6 Å². The Labute approximate surface area is 174 Å². The smallest absolute Gasteiger partial charge is 0.314 e. The van der Waals surface area contributed by atoms with Gasteiger partial charge in [0.1, 0.15) is 0 Å². The van der Waals surface area contributed by atoms with Gasteiger partial charge in [0.15, 0.2) is 0 Å². The van der Waals surface area contributed by atoms with Crippen LogP contribution in [0.5, 0.6) is 5.75 Å². The summed E-state index contributed by atoms with van der Waals surface area (Å²) in [4.78, 5) is 38.1. The Morgan fingerprint density at radius 3 is 1.94 bits per heavy atom. The highest BCUT2D eigenvalue weighted by Gasteiger charge is 2.46. The maximum atomic E-state index is 13.8. The van der Waals surface area contributed by atoms with Crippen LogP contribution in [0.4, 0.5) is 22.0 Å². The predicted octanol–water partition coefficient (Wildman–Crippen LogP) is 2.97. The third-order valence-electron chi connectivity index (χ3n) is 5.67. The summed E-state index contributed by atoms with van der Waals surface area (Å²) in [5.74, 6) is -15.3. The molecule has 0 aliphatic carbocycles. The highest BCUT2D eigenvalue weighted by Crippen LogP contribution is 2.40. The predicted molar refractivity (Wildman–Crippen MR) is 96.2 cm³/mol. The van der Waals surface area contributed by atoms with E-state index in [9.17, 15) is 36.3 Å². The van der Waals surface area contributed by atoms with Gasteiger partial charge in [0, 0.05) is 31.5 Å². The van der Waals surface area contributed by atoms with Crippen LogP contribution in [-0.4, -0.2) is 41.3 Å². The largest absolute Gasteiger partial charge is 0.420 e. The molecule has 2 fully saturated rings. The molecule has 2 heterocycles. The number of rotatable bonds is 6. The molecule has 2 saturated heterocycles. The van der Waals surface area contributed by atoms with E-state index < -0.39 is 46.7 Å². The van der Waals surface area contributed by atoms with Crippen LogP contribution in [0, 0.1) is 35.0 Å². The molecule has 1 aromatic rings. The van der Waals surface area contributed by atoms with Gasteiger partial charge in [0.05, 0.1) is 5.92 Å². The van der Waals surface area contributed by atoms with Gasteiger partial charge in [-0.25, -0.2) is 13.2 Å². The third kappa shape index (κ3) is 4.49. The second-order valence-electron chi connectivity index (χ2n) is 7.63. The maximum absolute atomic E-state index is 13.8. The van der Waals surface area contributed by atoms with Crippen molar-refractivity contribution in [3.05, 3.63) is 29.1 Å². The molecule has 0 spiro atoms. The zero-order valence-electron chi connectivity index (χ0n) is 16.7. The Morgan fingerprint density at radius 2 is 1.42 bits per heavy atom. The first-order valence-electron chi connectivity index (χ1n) is 9.96.